The first-order valence-corrected chi connectivity index (χ1v) is 10.7. The number of fused-ring (bicyclic) bond motifs is 2. The van der Waals surface area contributed by atoms with Crippen LogP contribution in [0.5, 0.6) is 5.75 Å². The van der Waals surface area contributed by atoms with Crippen molar-refractivity contribution >= 4 is 39.4 Å². The summed E-state index contributed by atoms with van der Waals surface area (Å²) < 4.78 is 7.64. The second kappa shape index (κ2) is 8.58. The number of para-hydroxylation sites is 1. The van der Waals surface area contributed by atoms with Crippen LogP contribution in [0, 0.1) is 0 Å². The molecule has 2 aromatic carbocycles. The molecule has 3 heterocycles. The molecule has 0 aliphatic rings. The summed E-state index contributed by atoms with van der Waals surface area (Å²) in [6, 6.07) is 14.0. The zero-order valence-electron chi connectivity index (χ0n) is 18.1. The maximum atomic E-state index is 5.64. The number of anilines is 3. The molecule has 0 radical (unpaired) electrons. The second-order valence-corrected chi connectivity index (χ2v) is 7.55. The minimum atomic E-state index is 0.582. The van der Waals surface area contributed by atoms with Crippen molar-refractivity contribution in [1.82, 2.24) is 24.5 Å². The quantitative estimate of drug-likeness (QED) is 0.334. The van der Waals surface area contributed by atoms with Gasteiger partial charge in [0.1, 0.15) is 17.1 Å². The number of hydrogen-bond acceptors (Lipinski definition) is 6. The van der Waals surface area contributed by atoms with Crippen molar-refractivity contribution in [2.75, 3.05) is 23.8 Å². The SMILES string of the molecule is CCOc1ccc2[nH]cc(CCNc3nccc(Nc4cccc5c4ncn5C)n3)c2c1. The van der Waals surface area contributed by atoms with Gasteiger partial charge >= 0.3 is 0 Å². The van der Waals surface area contributed by atoms with E-state index < -0.39 is 0 Å². The van der Waals surface area contributed by atoms with Crippen LogP contribution < -0.4 is 15.4 Å². The van der Waals surface area contributed by atoms with E-state index in [-0.39, 0.29) is 0 Å². The molecule has 0 spiro atoms. The predicted molar refractivity (Wildman–Crippen MR) is 128 cm³/mol. The van der Waals surface area contributed by atoms with Gasteiger partial charge in [0.25, 0.3) is 0 Å². The highest BCUT2D eigenvalue weighted by molar-refractivity contribution is 5.90. The third kappa shape index (κ3) is 3.94. The maximum absolute atomic E-state index is 5.64. The van der Waals surface area contributed by atoms with Gasteiger partial charge in [-0.15, -0.1) is 0 Å². The summed E-state index contributed by atoms with van der Waals surface area (Å²) >= 11 is 0. The average molecular weight is 428 g/mol. The van der Waals surface area contributed by atoms with Crippen molar-refractivity contribution in [1.29, 1.82) is 0 Å². The molecular formula is C24H25N7O. The number of nitrogens with zero attached hydrogens (tertiary/aromatic N) is 4. The predicted octanol–water partition coefficient (Wildman–Crippen LogP) is 4.64. The molecule has 0 amide bonds. The third-order valence-electron chi connectivity index (χ3n) is 5.40. The van der Waals surface area contributed by atoms with Crippen molar-refractivity contribution < 1.29 is 4.74 Å². The molecule has 0 unspecified atom stereocenters. The number of imidazole rings is 1. The smallest absolute Gasteiger partial charge is 0.224 e. The molecule has 3 N–H and O–H groups in total. The largest absolute Gasteiger partial charge is 0.494 e. The van der Waals surface area contributed by atoms with Gasteiger partial charge in [0, 0.05) is 36.9 Å². The van der Waals surface area contributed by atoms with Crippen molar-refractivity contribution in [3.63, 3.8) is 0 Å². The zero-order valence-corrected chi connectivity index (χ0v) is 18.1. The monoisotopic (exact) mass is 427 g/mol. The molecule has 0 bridgehead atoms. The molecule has 32 heavy (non-hydrogen) atoms. The number of nitrogens with one attached hydrogen (secondary N) is 3. The summed E-state index contributed by atoms with van der Waals surface area (Å²) in [7, 11) is 1.98. The van der Waals surface area contributed by atoms with Gasteiger partial charge < -0.3 is 24.9 Å². The highest BCUT2D eigenvalue weighted by Gasteiger charge is 2.08. The lowest BCUT2D eigenvalue weighted by molar-refractivity contribution is 0.340. The fraction of sp³-hybridized carbons (Fsp3) is 0.208. The van der Waals surface area contributed by atoms with E-state index in [0.29, 0.717) is 24.9 Å². The van der Waals surface area contributed by atoms with E-state index in [1.165, 1.54) is 10.9 Å². The lowest BCUT2D eigenvalue weighted by Crippen LogP contribution is -2.08. The summed E-state index contributed by atoms with van der Waals surface area (Å²) in [4.78, 5) is 16.8. The number of aromatic amines is 1. The lowest BCUT2D eigenvalue weighted by Gasteiger charge is -2.09. The van der Waals surface area contributed by atoms with Gasteiger partial charge in [-0.2, -0.15) is 4.98 Å². The Hall–Kier alpha value is -4.07. The Kier molecular flexibility index (Phi) is 5.33. The Balaban J connectivity index is 1.27. The lowest BCUT2D eigenvalue weighted by atomic mass is 10.1. The van der Waals surface area contributed by atoms with E-state index >= 15 is 0 Å². The van der Waals surface area contributed by atoms with Gasteiger partial charge in [-0.1, -0.05) is 6.07 Å². The number of aryl methyl sites for hydroxylation is 1. The Morgan fingerprint density at radius 3 is 2.97 bits per heavy atom. The molecule has 3 aromatic heterocycles. The highest BCUT2D eigenvalue weighted by Crippen LogP contribution is 2.25. The topological polar surface area (TPSA) is 92.7 Å². The van der Waals surface area contributed by atoms with Crippen LogP contribution in [0.1, 0.15) is 12.5 Å². The third-order valence-corrected chi connectivity index (χ3v) is 5.40. The molecule has 5 aromatic rings. The van der Waals surface area contributed by atoms with Crippen LogP contribution in [-0.4, -0.2) is 37.7 Å². The number of aromatic nitrogens is 5. The molecule has 0 atom stereocenters. The average Bonchev–Trinajstić information content (AvgIpc) is 3.38. The maximum Gasteiger partial charge on any atom is 0.224 e. The normalized spacial score (nSPS) is 11.2. The van der Waals surface area contributed by atoms with E-state index in [4.69, 9.17) is 4.74 Å². The van der Waals surface area contributed by atoms with Gasteiger partial charge in [0.2, 0.25) is 5.95 Å². The molecule has 0 fully saturated rings. The van der Waals surface area contributed by atoms with E-state index in [0.717, 1.165) is 34.4 Å². The second-order valence-electron chi connectivity index (χ2n) is 7.55. The van der Waals surface area contributed by atoms with Gasteiger partial charge in [0.15, 0.2) is 0 Å². The van der Waals surface area contributed by atoms with Gasteiger partial charge in [0.05, 0.1) is 24.1 Å². The van der Waals surface area contributed by atoms with Crippen LogP contribution >= 0.6 is 0 Å². The Morgan fingerprint density at radius 2 is 2.06 bits per heavy atom. The fourth-order valence-corrected chi connectivity index (χ4v) is 3.84. The summed E-state index contributed by atoms with van der Waals surface area (Å²) in [5.74, 6) is 2.19. The van der Waals surface area contributed by atoms with Crippen LogP contribution in [0.15, 0.2) is 61.2 Å². The van der Waals surface area contributed by atoms with E-state index in [1.807, 2.05) is 55.2 Å². The van der Waals surface area contributed by atoms with E-state index in [2.05, 4.69) is 48.9 Å². The number of benzene rings is 2. The molecule has 0 aliphatic carbocycles. The minimum absolute atomic E-state index is 0.582. The number of ether oxygens (including phenoxy) is 1. The fourth-order valence-electron chi connectivity index (χ4n) is 3.84. The summed E-state index contributed by atoms with van der Waals surface area (Å²) in [6.45, 7) is 3.36. The molecular weight excluding hydrogens is 402 g/mol. The van der Waals surface area contributed by atoms with Crippen LogP contribution in [0.25, 0.3) is 21.9 Å². The first-order chi connectivity index (χ1) is 15.7. The molecule has 8 nitrogen and oxygen atoms in total. The van der Waals surface area contributed by atoms with Gasteiger partial charge in [-0.25, -0.2) is 9.97 Å². The Labute approximate surface area is 185 Å². The zero-order chi connectivity index (χ0) is 21.9. The molecule has 162 valence electrons. The van der Waals surface area contributed by atoms with Crippen molar-refractivity contribution in [3.05, 3.63) is 66.7 Å². The Bertz CT molecular complexity index is 1370. The van der Waals surface area contributed by atoms with E-state index in [1.54, 1.807) is 6.20 Å². The van der Waals surface area contributed by atoms with Crippen LogP contribution in [0.4, 0.5) is 17.5 Å². The minimum Gasteiger partial charge on any atom is -0.494 e. The standard InChI is InChI=1S/C24H25N7O/c1-3-32-17-7-8-19-18(13-17)16(14-27-19)9-11-25-24-26-12-10-22(30-24)29-20-5-4-6-21-23(20)28-15-31(21)2/h4-8,10,12-15,27H,3,9,11H2,1-2H3,(H2,25,26,29,30). The summed E-state index contributed by atoms with van der Waals surface area (Å²) in [5.41, 5.74) is 5.22. The molecule has 0 aliphatic heterocycles. The Morgan fingerprint density at radius 1 is 1.12 bits per heavy atom. The molecule has 0 saturated heterocycles. The van der Waals surface area contributed by atoms with Crippen LogP contribution in [-0.2, 0) is 13.5 Å². The number of rotatable bonds is 8. The number of hydrogen-bond donors (Lipinski definition) is 3. The van der Waals surface area contributed by atoms with Gasteiger partial charge in [-0.3, -0.25) is 0 Å². The molecule has 8 heteroatoms. The van der Waals surface area contributed by atoms with Crippen molar-refractivity contribution in [2.45, 2.75) is 13.3 Å². The molecule has 5 rings (SSSR count). The van der Waals surface area contributed by atoms with Crippen molar-refractivity contribution in [2.24, 2.45) is 7.05 Å². The molecule has 0 saturated carbocycles. The van der Waals surface area contributed by atoms with Gasteiger partial charge in [-0.05, 0) is 55.3 Å². The number of H-pyrrole nitrogens is 1. The first-order valence-electron chi connectivity index (χ1n) is 10.7. The summed E-state index contributed by atoms with van der Waals surface area (Å²) in [5, 5.41) is 7.87. The summed E-state index contributed by atoms with van der Waals surface area (Å²) in [6.07, 6.45) is 6.44. The van der Waals surface area contributed by atoms with Crippen molar-refractivity contribution in [3.8, 4) is 5.75 Å². The van der Waals surface area contributed by atoms with E-state index in [9.17, 15) is 0 Å². The highest BCUT2D eigenvalue weighted by atomic mass is 16.5. The van der Waals surface area contributed by atoms with Crippen LogP contribution in [0.3, 0.4) is 0 Å². The van der Waals surface area contributed by atoms with Crippen LogP contribution in [0.2, 0.25) is 0 Å². The first kappa shape index (κ1) is 19.9.